The Balaban J connectivity index is 4.25. The number of hydrogen-bond acceptors (Lipinski definition) is 7. The Morgan fingerprint density at radius 3 is 1.81 bits per heavy atom. The average Bonchev–Trinajstić information content (AvgIpc) is 2.50. The van der Waals surface area contributed by atoms with Crippen molar-refractivity contribution in [3.8, 4) is 0 Å². The van der Waals surface area contributed by atoms with E-state index in [2.05, 4.69) is 16.0 Å². The van der Waals surface area contributed by atoms with Crippen LogP contribution in [0.3, 0.4) is 0 Å². The van der Waals surface area contributed by atoms with E-state index in [0.29, 0.717) is 0 Å². The highest BCUT2D eigenvalue weighted by Crippen LogP contribution is 1.99. The summed E-state index contributed by atoms with van der Waals surface area (Å²) in [6.45, 7) is -1.50. The predicted molar refractivity (Wildman–Crippen MR) is 74.3 cm³/mol. The summed E-state index contributed by atoms with van der Waals surface area (Å²) in [7, 11) is 1.55. The predicted octanol–water partition coefficient (Wildman–Crippen LogP) is -3.71. The first-order valence-electron chi connectivity index (χ1n) is 6.72. The van der Waals surface area contributed by atoms with Crippen LogP contribution in [0.15, 0.2) is 0 Å². The summed E-state index contributed by atoms with van der Waals surface area (Å²) in [5.74, 6) is -0.823. The standard InChI is InChI=1S/C12H25N3O6/c1-13-10(12(21)15-9(6-18)7-19)2-3-11(20)14-8(4-16)5-17/h8-10,13,16-19H,2-7H2,1H3,(H,14,20)(H,15,21). The van der Waals surface area contributed by atoms with Crippen LogP contribution in [-0.4, -0.2) is 83.8 Å². The van der Waals surface area contributed by atoms with E-state index in [1.54, 1.807) is 7.05 Å². The third-order valence-corrected chi connectivity index (χ3v) is 2.92. The van der Waals surface area contributed by atoms with Gasteiger partial charge in [0.2, 0.25) is 11.8 Å². The average molecular weight is 307 g/mol. The monoisotopic (exact) mass is 307 g/mol. The molecule has 7 N–H and O–H groups in total. The number of aliphatic hydroxyl groups is 4. The number of carbonyl (C=O) groups excluding carboxylic acids is 2. The van der Waals surface area contributed by atoms with Crippen molar-refractivity contribution >= 4 is 11.8 Å². The first-order valence-corrected chi connectivity index (χ1v) is 6.72. The Kier molecular flexibility index (Phi) is 10.7. The van der Waals surface area contributed by atoms with Crippen molar-refractivity contribution in [3.05, 3.63) is 0 Å². The number of nitrogens with one attached hydrogen (secondary N) is 3. The lowest BCUT2D eigenvalue weighted by molar-refractivity contribution is -0.125. The van der Waals surface area contributed by atoms with Crippen molar-refractivity contribution in [1.82, 2.24) is 16.0 Å². The smallest absolute Gasteiger partial charge is 0.237 e. The lowest BCUT2D eigenvalue weighted by Crippen LogP contribution is -2.49. The van der Waals surface area contributed by atoms with Gasteiger partial charge in [-0.2, -0.15) is 0 Å². The minimum absolute atomic E-state index is 0.0261. The van der Waals surface area contributed by atoms with Crippen molar-refractivity contribution in [2.45, 2.75) is 31.0 Å². The minimum Gasteiger partial charge on any atom is -0.394 e. The molecule has 0 aromatic carbocycles. The second-order valence-electron chi connectivity index (χ2n) is 4.58. The Bertz CT molecular complexity index is 307. The van der Waals surface area contributed by atoms with E-state index in [0.717, 1.165) is 0 Å². The molecule has 0 aliphatic rings. The first kappa shape index (κ1) is 19.7. The molecule has 21 heavy (non-hydrogen) atoms. The highest BCUT2D eigenvalue weighted by Gasteiger charge is 2.21. The fourth-order valence-corrected chi connectivity index (χ4v) is 1.58. The summed E-state index contributed by atoms with van der Waals surface area (Å²) >= 11 is 0. The Morgan fingerprint density at radius 2 is 1.38 bits per heavy atom. The zero-order valence-corrected chi connectivity index (χ0v) is 12.1. The van der Waals surface area contributed by atoms with Crippen LogP contribution in [0.1, 0.15) is 12.8 Å². The normalized spacial score (nSPS) is 12.5. The van der Waals surface area contributed by atoms with E-state index in [-0.39, 0.29) is 39.3 Å². The van der Waals surface area contributed by atoms with Gasteiger partial charge in [0.25, 0.3) is 0 Å². The molecule has 0 saturated carbocycles. The second-order valence-corrected chi connectivity index (χ2v) is 4.58. The Labute approximate surface area is 123 Å². The van der Waals surface area contributed by atoms with Gasteiger partial charge >= 0.3 is 0 Å². The quantitative estimate of drug-likeness (QED) is 0.207. The molecule has 124 valence electrons. The topological polar surface area (TPSA) is 151 Å². The van der Waals surface area contributed by atoms with Gasteiger partial charge in [0, 0.05) is 6.42 Å². The van der Waals surface area contributed by atoms with E-state index in [1.807, 2.05) is 0 Å². The van der Waals surface area contributed by atoms with E-state index < -0.39 is 29.9 Å². The molecule has 9 nitrogen and oxygen atoms in total. The third kappa shape index (κ3) is 7.93. The molecule has 1 atom stereocenters. The van der Waals surface area contributed by atoms with Crippen molar-refractivity contribution in [1.29, 1.82) is 0 Å². The summed E-state index contributed by atoms with van der Waals surface area (Å²) in [4.78, 5) is 23.4. The van der Waals surface area contributed by atoms with E-state index in [9.17, 15) is 9.59 Å². The van der Waals surface area contributed by atoms with Crippen LogP contribution < -0.4 is 16.0 Å². The van der Waals surface area contributed by atoms with Gasteiger partial charge in [-0.15, -0.1) is 0 Å². The van der Waals surface area contributed by atoms with Gasteiger partial charge in [0.15, 0.2) is 0 Å². The van der Waals surface area contributed by atoms with Crippen LogP contribution in [0.2, 0.25) is 0 Å². The third-order valence-electron chi connectivity index (χ3n) is 2.92. The molecule has 0 aliphatic carbocycles. The number of likely N-dealkylation sites (N-methyl/N-ethyl adjacent to an activating group) is 1. The lowest BCUT2D eigenvalue weighted by atomic mass is 10.1. The number of aliphatic hydroxyl groups excluding tert-OH is 4. The van der Waals surface area contributed by atoms with Gasteiger partial charge in [-0.3, -0.25) is 9.59 Å². The number of rotatable bonds is 11. The summed E-state index contributed by atoms with van der Waals surface area (Å²) in [5, 5.41) is 43.1. The van der Waals surface area contributed by atoms with Crippen LogP contribution in [0.25, 0.3) is 0 Å². The number of carbonyl (C=O) groups is 2. The highest BCUT2D eigenvalue weighted by molar-refractivity contribution is 5.83. The maximum Gasteiger partial charge on any atom is 0.237 e. The largest absolute Gasteiger partial charge is 0.394 e. The molecular formula is C12H25N3O6. The molecule has 0 fully saturated rings. The van der Waals surface area contributed by atoms with E-state index in [4.69, 9.17) is 20.4 Å². The van der Waals surface area contributed by atoms with Crippen molar-refractivity contribution in [2.24, 2.45) is 0 Å². The molecular weight excluding hydrogens is 282 g/mol. The fourth-order valence-electron chi connectivity index (χ4n) is 1.58. The lowest BCUT2D eigenvalue weighted by Gasteiger charge is -2.20. The van der Waals surface area contributed by atoms with Crippen LogP contribution in [0.5, 0.6) is 0 Å². The minimum atomic E-state index is -0.740. The Hall–Kier alpha value is -1.26. The van der Waals surface area contributed by atoms with Gasteiger partial charge in [0.05, 0.1) is 44.6 Å². The maximum absolute atomic E-state index is 11.8. The van der Waals surface area contributed by atoms with Gasteiger partial charge in [-0.05, 0) is 13.5 Å². The summed E-state index contributed by atoms with van der Waals surface area (Å²) in [5.41, 5.74) is 0. The Morgan fingerprint density at radius 1 is 0.905 bits per heavy atom. The molecule has 0 aliphatic heterocycles. The molecule has 0 bridgehead atoms. The molecule has 1 unspecified atom stereocenters. The van der Waals surface area contributed by atoms with Crippen molar-refractivity contribution in [3.63, 3.8) is 0 Å². The van der Waals surface area contributed by atoms with Gasteiger partial charge in [-0.1, -0.05) is 0 Å². The molecule has 0 spiro atoms. The van der Waals surface area contributed by atoms with Gasteiger partial charge < -0.3 is 36.4 Å². The van der Waals surface area contributed by atoms with Crippen LogP contribution in [-0.2, 0) is 9.59 Å². The van der Waals surface area contributed by atoms with Crippen molar-refractivity contribution < 1.29 is 30.0 Å². The maximum atomic E-state index is 11.8. The van der Waals surface area contributed by atoms with Crippen LogP contribution in [0.4, 0.5) is 0 Å². The number of hydrogen-bond donors (Lipinski definition) is 7. The molecule has 2 amide bonds. The van der Waals surface area contributed by atoms with Gasteiger partial charge in [-0.25, -0.2) is 0 Å². The van der Waals surface area contributed by atoms with Crippen molar-refractivity contribution in [2.75, 3.05) is 33.5 Å². The second kappa shape index (κ2) is 11.4. The summed E-state index contributed by atoms with van der Waals surface area (Å²) < 4.78 is 0. The fraction of sp³-hybridized carbons (Fsp3) is 0.833. The molecule has 0 aromatic rings. The molecule has 0 rings (SSSR count). The summed E-state index contributed by atoms with van der Waals surface area (Å²) in [6, 6.07) is -2.11. The highest BCUT2D eigenvalue weighted by atomic mass is 16.3. The molecule has 0 saturated heterocycles. The van der Waals surface area contributed by atoms with Gasteiger partial charge in [0.1, 0.15) is 0 Å². The number of amides is 2. The van der Waals surface area contributed by atoms with E-state index >= 15 is 0 Å². The van der Waals surface area contributed by atoms with Crippen LogP contribution in [0, 0.1) is 0 Å². The first-order chi connectivity index (χ1) is 10.0. The summed E-state index contributed by atoms with van der Waals surface area (Å²) in [6.07, 6.45) is 0.222. The van der Waals surface area contributed by atoms with E-state index in [1.165, 1.54) is 0 Å². The molecule has 9 heteroatoms. The molecule has 0 aromatic heterocycles. The molecule has 0 radical (unpaired) electrons. The van der Waals surface area contributed by atoms with Crippen LogP contribution >= 0.6 is 0 Å². The zero-order chi connectivity index (χ0) is 16.3. The molecule has 0 heterocycles. The SMILES string of the molecule is CNC(CCC(=O)NC(CO)CO)C(=O)NC(CO)CO. The zero-order valence-electron chi connectivity index (χ0n) is 12.1.